The fraction of sp³-hybridized carbons (Fsp3) is 0.231. The molecule has 1 N–H and O–H groups in total. The van der Waals surface area contributed by atoms with Crippen molar-refractivity contribution in [2.75, 3.05) is 18.6 Å². The van der Waals surface area contributed by atoms with Gasteiger partial charge >= 0.3 is 0 Å². The van der Waals surface area contributed by atoms with Crippen molar-refractivity contribution < 1.29 is 0 Å². The highest BCUT2D eigenvalue weighted by Gasteiger charge is 2.04. The highest BCUT2D eigenvalue weighted by atomic mass is 35.5. The standard InChI is InChI=1S/C13H14ClN3S2/c1-15-11-7-12(17-13(16-11)18-2)19-8-9-3-5-10(14)6-4-9/h3-7H,8H2,1-2H3,(H,15,16,17). The van der Waals surface area contributed by atoms with Crippen molar-refractivity contribution in [1.82, 2.24) is 9.97 Å². The molecule has 1 heterocycles. The molecular formula is C13H14ClN3S2. The van der Waals surface area contributed by atoms with Crippen LogP contribution in [0.4, 0.5) is 5.82 Å². The zero-order chi connectivity index (χ0) is 13.7. The number of nitrogens with one attached hydrogen (secondary N) is 1. The average molecular weight is 312 g/mol. The van der Waals surface area contributed by atoms with E-state index >= 15 is 0 Å². The molecule has 1 aromatic carbocycles. The van der Waals surface area contributed by atoms with Crippen molar-refractivity contribution in [3.63, 3.8) is 0 Å². The maximum Gasteiger partial charge on any atom is 0.190 e. The van der Waals surface area contributed by atoms with E-state index in [1.54, 1.807) is 23.5 Å². The SMILES string of the molecule is CNc1cc(SCc2ccc(Cl)cc2)nc(SC)n1. The Morgan fingerprint density at radius 3 is 2.58 bits per heavy atom. The third kappa shape index (κ3) is 4.30. The van der Waals surface area contributed by atoms with Crippen molar-refractivity contribution in [3.8, 4) is 0 Å². The Hall–Kier alpha value is -0.910. The molecular weight excluding hydrogens is 298 g/mol. The molecule has 3 nitrogen and oxygen atoms in total. The minimum Gasteiger partial charge on any atom is -0.373 e. The van der Waals surface area contributed by atoms with Crippen LogP contribution >= 0.6 is 35.1 Å². The Morgan fingerprint density at radius 1 is 1.21 bits per heavy atom. The van der Waals surface area contributed by atoms with Crippen LogP contribution in [0.5, 0.6) is 0 Å². The maximum atomic E-state index is 5.87. The van der Waals surface area contributed by atoms with Crippen molar-refractivity contribution in [2.24, 2.45) is 0 Å². The summed E-state index contributed by atoms with van der Waals surface area (Å²) >= 11 is 9.10. The predicted molar refractivity (Wildman–Crippen MR) is 84.4 cm³/mol. The summed E-state index contributed by atoms with van der Waals surface area (Å²) in [6.07, 6.45) is 1.97. The molecule has 0 unspecified atom stereocenters. The van der Waals surface area contributed by atoms with E-state index in [9.17, 15) is 0 Å². The van der Waals surface area contributed by atoms with Gasteiger partial charge in [-0.25, -0.2) is 9.97 Å². The highest BCUT2D eigenvalue weighted by Crippen LogP contribution is 2.25. The topological polar surface area (TPSA) is 37.8 Å². The molecule has 0 amide bonds. The van der Waals surface area contributed by atoms with Crippen LogP contribution in [0, 0.1) is 0 Å². The number of rotatable bonds is 5. The van der Waals surface area contributed by atoms with Gasteiger partial charge < -0.3 is 5.32 Å². The fourth-order valence-corrected chi connectivity index (χ4v) is 2.85. The Morgan fingerprint density at radius 2 is 1.95 bits per heavy atom. The van der Waals surface area contributed by atoms with Gasteiger partial charge in [0.15, 0.2) is 5.16 Å². The molecule has 0 spiro atoms. The summed E-state index contributed by atoms with van der Waals surface area (Å²) in [6.45, 7) is 0. The summed E-state index contributed by atoms with van der Waals surface area (Å²) in [5.74, 6) is 1.71. The minimum absolute atomic E-state index is 0.762. The molecule has 2 aromatic rings. The summed E-state index contributed by atoms with van der Waals surface area (Å²) in [6, 6.07) is 9.84. The van der Waals surface area contributed by atoms with Gasteiger partial charge in [0.05, 0.1) is 0 Å². The largest absolute Gasteiger partial charge is 0.373 e. The first-order valence-electron chi connectivity index (χ1n) is 5.69. The predicted octanol–water partition coefficient (Wildman–Crippen LogP) is 4.19. The molecule has 0 bridgehead atoms. The lowest BCUT2D eigenvalue weighted by Gasteiger charge is -2.06. The lowest BCUT2D eigenvalue weighted by Crippen LogP contribution is -1.97. The van der Waals surface area contributed by atoms with E-state index in [4.69, 9.17) is 11.6 Å². The van der Waals surface area contributed by atoms with Crippen LogP contribution < -0.4 is 5.32 Å². The van der Waals surface area contributed by atoms with E-state index in [1.165, 1.54) is 5.56 Å². The van der Waals surface area contributed by atoms with Gasteiger partial charge in [0.2, 0.25) is 0 Å². The smallest absolute Gasteiger partial charge is 0.190 e. The van der Waals surface area contributed by atoms with Gasteiger partial charge in [-0.3, -0.25) is 0 Å². The number of hydrogen-bond donors (Lipinski definition) is 1. The van der Waals surface area contributed by atoms with Gasteiger partial charge in [-0.15, -0.1) is 11.8 Å². The second kappa shape index (κ2) is 7.03. The normalized spacial score (nSPS) is 10.5. The molecule has 0 aliphatic rings. The van der Waals surface area contributed by atoms with Gasteiger partial charge in [-0.2, -0.15) is 0 Å². The van der Waals surface area contributed by atoms with E-state index in [2.05, 4.69) is 15.3 Å². The monoisotopic (exact) mass is 311 g/mol. The van der Waals surface area contributed by atoms with Gasteiger partial charge in [0.25, 0.3) is 0 Å². The van der Waals surface area contributed by atoms with E-state index in [1.807, 2.05) is 43.6 Å². The fourth-order valence-electron chi connectivity index (χ4n) is 1.44. The van der Waals surface area contributed by atoms with Crippen molar-refractivity contribution >= 4 is 40.9 Å². The number of nitrogens with zero attached hydrogens (tertiary/aromatic N) is 2. The Kier molecular flexibility index (Phi) is 5.36. The quantitative estimate of drug-likeness (QED) is 0.509. The zero-order valence-corrected chi connectivity index (χ0v) is 13.1. The molecule has 0 aliphatic carbocycles. The zero-order valence-electron chi connectivity index (χ0n) is 10.7. The summed E-state index contributed by atoms with van der Waals surface area (Å²) < 4.78 is 0. The van der Waals surface area contributed by atoms with Crippen LogP contribution in [0.2, 0.25) is 5.02 Å². The molecule has 0 fully saturated rings. The van der Waals surface area contributed by atoms with Crippen LogP contribution in [-0.2, 0) is 5.75 Å². The summed E-state index contributed by atoms with van der Waals surface area (Å²) in [5, 5.41) is 5.57. The van der Waals surface area contributed by atoms with Crippen LogP contribution in [0.1, 0.15) is 5.56 Å². The molecule has 100 valence electrons. The van der Waals surface area contributed by atoms with Gasteiger partial charge in [-0.1, -0.05) is 35.5 Å². The molecule has 0 radical (unpaired) electrons. The van der Waals surface area contributed by atoms with Crippen molar-refractivity contribution in [3.05, 3.63) is 40.9 Å². The van der Waals surface area contributed by atoms with Crippen molar-refractivity contribution in [1.29, 1.82) is 0 Å². The Balaban J connectivity index is 2.08. The third-order valence-corrected chi connectivity index (χ3v) is 4.20. The van der Waals surface area contributed by atoms with Crippen molar-refractivity contribution in [2.45, 2.75) is 15.9 Å². The Labute approximate surface area is 126 Å². The lowest BCUT2D eigenvalue weighted by atomic mass is 10.2. The molecule has 0 saturated heterocycles. The summed E-state index contributed by atoms with van der Waals surface area (Å²) in [7, 11) is 1.86. The number of hydrogen-bond acceptors (Lipinski definition) is 5. The van der Waals surface area contributed by atoms with Gasteiger partial charge in [0.1, 0.15) is 10.8 Å². The molecule has 6 heteroatoms. The van der Waals surface area contributed by atoms with E-state index in [-0.39, 0.29) is 0 Å². The number of benzene rings is 1. The molecule has 19 heavy (non-hydrogen) atoms. The van der Waals surface area contributed by atoms with Gasteiger partial charge in [0, 0.05) is 23.9 Å². The first kappa shape index (κ1) is 14.5. The number of aromatic nitrogens is 2. The van der Waals surface area contributed by atoms with E-state index in [0.717, 1.165) is 26.8 Å². The van der Waals surface area contributed by atoms with Gasteiger partial charge in [-0.05, 0) is 24.0 Å². The second-order valence-electron chi connectivity index (χ2n) is 3.74. The number of thioether (sulfide) groups is 2. The highest BCUT2D eigenvalue weighted by molar-refractivity contribution is 7.99. The first-order valence-corrected chi connectivity index (χ1v) is 8.28. The molecule has 0 aliphatic heterocycles. The number of halogens is 1. The van der Waals surface area contributed by atoms with Crippen LogP contribution in [0.3, 0.4) is 0 Å². The van der Waals surface area contributed by atoms with Crippen LogP contribution in [0.15, 0.2) is 40.5 Å². The molecule has 2 rings (SSSR count). The average Bonchev–Trinajstić information content (AvgIpc) is 2.46. The van der Waals surface area contributed by atoms with Crippen LogP contribution in [0.25, 0.3) is 0 Å². The molecule has 1 aromatic heterocycles. The summed E-state index contributed by atoms with van der Waals surface area (Å²) in [5.41, 5.74) is 1.23. The first-order chi connectivity index (χ1) is 9.21. The third-order valence-electron chi connectivity index (χ3n) is 2.42. The van der Waals surface area contributed by atoms with Crippen LogP contribution in [-0.4, -0.2) is 23.3 Å². The van der Waals surface area contributed by atoms with E-state index in [0.29, 0.717) is 0 Å². The second-order valence-corrected chi connectivity index (χ2v) is 5.95. The lowest BCUT2D eigenvalue weighted by molar-refractivity contribution is 0.897. The molecule has 0 atom stereocenters. The Bertz CT molecular complexity index is 524. The van der Waals surface area contributed by atoms with E-state index < -0.39 is 0 Å². The minimum atomic E-state index is 0.762. The molecule has 0 saturated carbocycles. The maximum absolute atomic E-state index is 5.87. The number of anilines is 1. The summed E-state index contributed by atoms with van der Waals surface area (Å²) in [4.78, 5) is 8.83.